The lowest BCUT2D eigenvalue weighted by molar-refractivity contribution is 0.200. The summed E-state index contributed by atoms with van der Waals surface area (Å²) in [7, 11) is 0. The van der Waals surface area contributed by atoms with Crippen molar-refractivity contribution in [2.45, 2.75) is 57.1 Å². The second-order valence-electron chi connectivity index (χ2n) is 5.24. The molecular weight excluding hydrogens is 212 g/mol. The Morgan fingerprint density at radius 1 is 1.29 bits per heavy atom. The van der Waals surface area contributed by atoms with Crippen molar-refractivity contribution in [1.29, 1.82) is 0 Å². The second kappa shape index (κ2) is 4.65. The summed E-state index contributed by atoms with van der Waals surface area (Å²) in [5.41, 5.74) is 2.19. The largest absolute Gasteiger partial charge is 0.382 e. The highest BCUT2D eigenvalue weighted by atomic mass is 16.3. The predicted octanol–water partition coefficient (Wildman–Crippen LogP) is 3.14. The maximum atomic E-state index is 10.5. The van der Waals surface area contributed by atoms with Crippen molar-refractivity contribution < 1.29 is 5.11 Å². The fraction of sp³-hybridized carbons (Fsp3) is 0.643. The number of nitrogens with zero attached hydrogens (tertiary/aromatic N) is 2. The van der Waals surface area contributed by atoms with Crippen LogP contribution in [0.1, 0.15) is 62.8 Å². The van der Waals surface area contributed by atoms with Crippen LogP contribution in [0.3, 0.4) is 0 Å². The quantitative estimate of drug-likeness (QED) is 0.813. The second-order valence-corrected chi connectivity index (χ2v) is 5.24. The number of hydrogen-bond donors (Lipinski definition) is 1. The average Bonchev–Trinajstić information content (AvgIpc) is 3.12. The Hall–Kier alpha value is -1.09. The fourth-order valence-electron chi connectivity index (χ4n) is 2.66. The minimum Gasteiger partial charge on any atom is -0.382 e. The Morgan fingerprint density at radius 3 is 3.00 bits per heavy atom. The van der Waals surface area contributed by atoms with E-state index >= 15 is 0 Å². The van der Waals surface area contributed by atoms with E-state index in [4.69, 9.17) is 0 Å². The molecule has 3 rings (SSSR count). The maximum Gasteiger partial charge on any atom is 0.117 e. The van der Waals surface area contributed by atoms with Crippen molar-refractivity contribution in [2.24, 2.45) is 0 Å². The standard InChI is InChI=1S/C14H20N2O/c17-14(11-5-3-1-2-4-6-11)13-9-15-10-16(13)12-7-8-12/h5,9-10,12,14,17H,1-4,6-8H2. The van der Waals surface area contributed by atoms with Crippen molar-refractivity contribution >= 4 is 0 Å². The van der Waals surface area contributed by atoms with Gasteiger partial charge in [0.25, 0.3) is 0 Å². The number of aliphatic hydroxyl groups is 1. The molecule has 2 aliphatic carbocycles. The predicted molar refractivity (Wildman–Crippen MR) is 66.6 cm³/mol. The lowest BCUT2D eigenvalue weighted by atomic mass is 10.0. The Labute approximate surface area is 102 Å². The van der Waals surface area contributed by atoms with E-state index in [9.17, 15) is 5.11 Å². The van der Waals surface area contributed by atoms with Gasteiger partial charge in [-0.1, -0.05) is 12.5 Å². The van der Waals surface area contributed by atoms with Crippen LogP contribution in [0.4, 0.5) is 0 Å². The molecule has 0 aromatic carbocycles. The zero-order valence-electron chi connectivity index (χ0n) is 10.2. The molecule has 1 atom stereocenters. The molecule has 0 saturated heterocycles. The van der Waals surface area contributed by atoms with Gasteiger partial charge in [0.05, 0.1) is 18.2 Å². The zero-order valence-corrected chi connectivity index (χ0v) is 10.2. The molecule has 0 radical (unpaired) electrons. The molecule has 1 N–H and O–H groups in total. The molecule has 3 nitrogen and oxygen atoms in total. The zero-order chi connectivity index (χ0) is 11.7. The lowest BCUT2D eigenvalue weighted by Gasteiger charge is -2.16. The van der Waals surface area contributed by atoms with Gasteiger partial charge in [0.15, 0.2) is 0 Å². The molecule has 1 aromatic heterocycles. The molecule has 17 heavy (non-hydrogen) atoms. The third kappa shape index (κ3) is 2.29. The molecule has 3 heteroatoms. The maximum absolute atomic E-state index is 10.5. The molecule has 0 aliphatic heterocycles. The van der Waals surface area contributed by atoms with Crippen LogP contribution in [0.15, 0.2) is 24.2 Å². The van der Waals surface area contributed by atoms with Gasteiger partial charge in [0.1, 0.15) is 6.10 Å². The summed E-state index contributed by atoms with van der Waals surface area (Å²) in [5.74, 6) is 0. The third-order valence-electron chi connectivity index (χ3n) is 3.84. The monoisotopic (exact) mass is 232 g/mol. The van der Waals surface area contributed by atoms with Gasteiger partial charge in [-0.15, -0.1) is 0 Å². The van der Waals surface area contributed by atoms with Gasteiger partial charge in [0.2, 0.25) is 0 Å². The highest BCUT2D eigenvalue weighted by Gasteiger charge is 2.28. The van der Waals surface area contributed by atoms with Crippen molar-refractivity contribution in [1.82, 2.24) is 9.55 Å². The number of rotatable bonds is 3. The van der Waals surface area contributed by atoms with Gasteiger partial charge in [-0.2, -0.15) is 0 Å². The highest BCUT2D eigenvalue weighted by molar-refractivity contribution is 5.20. The highest BCUT2D eigenvalue weighted by Crippen LogP contribution is 2.38. The first-order chi connectivity index (χ1) is 8.36. The van der Waals surface area contributed by atoms with Crippen LogP contribution in [0.25, 0.3) is 0 Å². The van der Waals surface area contributed by atoms with Crippen LogP contribution in [0, 0.1) is 0 Å². The summed E-state index contributed by atoms with van der Waals surface area (Å²) in [6, 6.07) is 0.591. The molecule has 0 bridgehead atoms. The minimum absolute atomic E-state index is 0.434. The van der Waals surface area contributed by atoms with Crippen molar-refractivity contribution in [3.63, 3.8) is 0 Å². The first-order valence-corrected chi connectivity index (χ1v) is 6.75. The SMILES string of the molecule is OC(C1=CCCCCC1)c1cncn1C1CC1. The van der Waals surface area contributed by atoms with Crippen molar-refractivity contribution in [3.05, 3.63) is 29.9 Å². The summed E-state index contributed by atoms with van der Waals surface area (Å²) in [4.78, 5) is 4.20. The van der Waals surface area contributed by atoms with E-state index in [2.05, 4.69) is 15.6 Å². The first-order valence-electron chi connectivity index (χ1n) is 6.75. The number of imidazole rings is 1. The average molecular weight is 232 g/mol. The van der Waals surface area contributed by atoms with Gasteiger partial charge in [-0.05, 0) is 44.1 Å². The van der Waals surface area contributed by atoms with Crippen LogP contribution < -0.4 is 0 Å². The molecule has 0 amide bonds. The number of aromatic nitrogens is 2. The van der Waals surface area contributed by atoms with E-state index in [0.717, 1.165) is 18.5 Å². The van der Waals surface area contributed by atoms with E-state index in [-0.39, 0.29) is 0 Å². The first kappa shape index (κ1) is 11.0. The third-order valence-corrected chi connectivity index (χ3v) is 3.84. The molecular formula is C14H20N2O. The molecule has 1 aromatic rings. The van der Waals surface area contributed by atoms with E-state index in [1.807, 2.05) is 12.5 Å². The van der Waals surface area contributed by atoms with E-state index < -0.39 is 6.10 Å². The van der Waals surface area contributed by atoms with E-state index in [1.165, 1.54) is 37.7 Å². The number of allylic oxidation sites excluding steroid dienone is 1. The van der Waals surface area contributed by atoms with Crippen LogP contribution in [-0.2, 0) is 0 Å². The van der Waals surface area contributed by atoms with Crippen molar-refractivity contribution in [3.8, 4) is 0 Å². The minimum atomic E-state index is -0.434. The summed E-state index contributed by atoms with van der Waals surface area (Å²) in [6.07, 6.45) is 13.9. The topological polar surface area (TPSA) is 38.1 Å². The van der Waals surface area contributed by atoms with Gasteiger partial charge in [-0.3, -0.25) is 0 Å². The Balaban J connectivity index is 1.81. The van der Waals surface area contributed by atoms with Gasteiger partial charge < -0.3 is 9.67 Å². The molecule has 1 fully saturated rings. The Bertz CT molecular complexity index is 418. The molecule has 1 heterocycles. The summed E-state index contributed by atoms with van der Waals surface area (Å²) >= 11 is 0. The molecule has 0 spiro atoms. The molecule has 92 valence electrons. The van der Waals surface area contributed by atoms with Crippen LogP contribution >= 0.6 is 0 Å². The summed E-state index contributed by atoms with van der Waals surface area (Å²) < 4.78 is 2.16. The van der Waals surface area contributed by atoms with Gasteiger partial charge >= 0.3 is 0 Å². The number of hydrogen-bond acceptors (Lipinski definition) is 2. The fourth-order valence-corrected chi connectivity index (χ4v) is 2.66. The van der Waals surface area contributed by atoms with Crippen molar-refractivity contribution in [2.75, 3.05) is 0 Å². The Morgan fingerprint density at radius 2 is 2.18 bits per heavy atom. The van der Waals surface area contributed by atoms with Crippen LogP contribution in [0.5, 0.6) is 0 Å². The molecule has 1 saturated carbocycles. The van der Waals surface area contributed by atoms with E-state index in [0.29, 0.717) is 6.04 Å². The normalized spacial score (nSPS) is 23.0. The molecule has 1 unspecified atom stereocenters. The Kier molecular flexibility index (Phi) is 3.02. The smallest absolute Gasteiger partial charge is 0.117 e. The lowest BCUT2D eigenvalue weighted by Crippen LogP contribution is -2.08. The van der Waals surface area contributed by atoms with E-state index in [1.54, 1.807) is 0 Å². The molecule has 2 aliphatic rings. The number of aliphatic hydroxyl groups excluding tert-OH is 1. The summed E-state index contributed by atoms with van der Waals surface area (Å²) in [6.45, 7) is 0. The van der Waals surface area contributed by atoms with Crippen LogP contribution in [0.2, 0.25) is 0 Å². The van der Waals surface area contributed by atoms with Crippen LogP contribution in [-0.4, -0.2) is 14.7 Å². The van der Waals surface area contributed by atoms with Gasteiger partial charge in [0, 0.05) is 6.04 Å². The summed E-state index contributed by atoms with van der Waals surface area (Å²) in [5, 5.41) is 10.5. The van der Waals surface area contributed by atoms with Gasteiger partial charge in [-0.25, -0.2) is 4.98 Å².